The minimum atomic E-state index is -0.436. The van der Waals surface area contributed by atoms with Crippen molar-refractivity contribution in [2.45, 2.75) is 45.6 Å². The van der Waals surface area contributed by atoms with E-state index in [2.05, 4.69) is 0 Å². The second kappa shape index (κ2) is 9.33. The Labute approximate surface area is 133 Å². The normalized spacial score (nSPS) is 23.0. The third-order valence-corrected chi connectivity index (χ3v) is 3.79. The van der Waals surface area contributed by atoms with Gasteiger partial charge in [0.15, 0.2) is 0 Å². The average Bonchev–Trinajstić information content (AvgIpc) is 2.96. The van der Waals surface area contributed by atoms with Crippen molar-refractivity contribution in [1.29, 1.82) is 0 Å². The second-order valence-corrected chi connectivity index (χ2v) is 7.00. The number of nitrogens with zero attached hydrogens (tertiary/aromatic N) is 1. The van der Waals surface area contributed by atoms with E-state index in [1.54, 1.807) is 4.90 Å². The Morgan fingerprint density at radius 3 is 2.14 bits per heavy atom. The third-order valence-electron chi connectivity index (χ3n) is 3.79. The monoisotopic (exact) mass is 317 g/mol. The topological polar surface area (TPSA) is 79.2 Å². The molecule has 2 saturated heterocycles. The van der Waals surface area contributed by atoms with Crippen LogP contribution >= 0.6 is 0 Å². The Balaban J connectivity index is 0.000000255. The van der Waals surface area contributed by atoms with Gasteiger partial charge in [-0.25, -0.2) is 4.79 Å². The number of aliphatic hydroxyl groups excluding tert-OH is 2. The van der Waals surface area contributed by atoms with Gasteiger partial charge in [-0.3, -0.25) is 0 Å². The van der Waals surface area contributed by atoms with E-state index in [4.69, 9.17) is 19.7 Å². The van der Waals surface area contributed by atoms with E-state index >= 15 is 0 Å². The SMILES string of the molecule is CC(C)(C)OC(=O)N1CC[C@@H](CO)C1.OCC1CCOCC1. The molecule has 2 aliphatic rings. The molecule has 22 heavy (non-hydrogen) atoms. The van der Waals surface area contributed by atoms with E-state index in [9.17, 15) is 4.79 Å². The first-order valence-electron chi connectivity index (χ1n) is 8.13. The molecule has 0 aromatic heterocycles. The molecule has 0 spiro atoms. The van der Waals surface area contributed by atoms with E-state index in [0.717, 1.165) is 32.5 Å². The number of ether oxygens (including phenoxy) is 2. The maximum Gasteiger partial charge on any atom is 0.410 e. The molecule has 2 fully saturated rings. The van der Waals surface area contributed by atoms with Gasteiger partial charge in [-0.2, -0.15) is 0 Å². The number of carbonyl (C=O) groups excluding carboxylic acids is 1. The Kier molecular flexibility index (Phi) is 8.14. The Morgan fingerprint density at radius 1 is 1.14 bits per heavy atom. The largest absolute Gasteiger partial charge is 0.444 e. The van der Waals surface area contributed by atoms with E-state index in [1.165, 1.54) is 0 Å². The minimum Gasteiger partial charge on any atom is -0.444 e. The third kappa shape index (κ3) is 7.42. The fourth-order valence-electron chi connectivity index (χ4n) is 2.40. The van der Waals surface area contributed by atoms with E-state index in [0.29, 0.717) is 25.6 Å². The van der Waals surface area contributed by atoms with Crippen LogP contribution in [0.2, 0.25) is 0 Å². The number of hydrogen-bond donors (Lipinski definition) is 2. The highest BCUT2D eigenvalue weighted by Crippen LogP contribution is 2.18. The fraction of sp³-hybridized carbons (Fsp3) is 0.938. The molecule has 2 rings (SSSR count). The van der Waals surface area contributed by atoms with Crippen LogP contribution in [0.15, 0.2) is 0 Å². The summed E-state index contributed by atoms with van der Waals surface area (Å²) in [4.78, 5) is 13.2. The van der Waals surface area contributed by atoms with Gasteiger partial charge in [-0.05, 0) is 46.0 Å². The molecule has 0 unspecified atom stereocenters. The second-order valence-electron chi connectivity index (χ2n) is 7.00. The lowest BCUT2D eigenvalue weighted by molar-refractivity contribution is 0.0284. The van der Waals surface area contributed by atoms with E-state index < -0.39 is 5.60 Å². The molecule has 0 aromatic carbocycles. The van der Waals surface area contributed by atoms with Gasteiger partial charge in [0.2, 0.25) is 0 Å². The number of hydrogen-bond acceptors (Lipinski definition) is 5. The van der Waals surface area contributed by atoms with Crippen molar-refractivity contribution in [3.05, 3.63) is 0 Å². The zero-order valence-electron chi connectivity index (χ0n) is 14.1. The molecule has 0 saturated carbocycles. The molecule has 2 N–H and O–H groups in total. The summed E-state index contributed by atoms with van der Waals surface area (Å²) < 4.78 is 10.3. The lowest BCUT2D eigenvalue weighted by Crippen LogP contribution is -2.35. The first-order valence-corrected chi connectivity index (χ1v) is 8.13. The average molecular weight is 317 g/mol. The van der Waals surface area contributed by atoms with Gasteiger partial charge in [0.25, 0.3) is 0 Å². The van der Waals surface area contributed by atoms with Crippen LogP contribution in [0.5, 0.6) is 0 Å². The Bertz CT molecular complexity index is 323. The molecule has 0 radical (unpaired) electrons. The molecule has 6 nitrogen and oxygen atoms in total. The molecular weight excluding hydrogens is 286 g/mol. The van der Waals surface area contributed by atoms with Crippen molar-refractivity contribution in [3.63, 3.8) is 0 Å². The lowest BCUT2D eigenvalue weighted by atomic mass is 10.0. The van der Waals surface area contributed by atoms with Crippen LogP contribution in [0.25, 0.3) is 0 Å². The van der Waals surface area contributed by atoms with Gasteiger partial charge in [0, 0.05) is 45.4 Å². The first-order chi connectivity index (χ1) is 10.4. The summed E-state index contributed by atoms with van der Waals surface area (Å²) in [6.45, 7) is 9.03. The summed E-state index contributed by atoms with van der Waals surface area (Å²) in [7, 11) is 0. The quantitative estimate of drug-likeness (QED) is 0.809. The van der Waals surface area contributed by atoms with Crippen molar-refractivity contribution in [3.8, 4) is 0 Å². The maximum atomic E-state index is 11.5. The van der Waals surface area contributed by atoms with Crippen molar-refractivity contribution in [2.75, 3.05) is 39.5 Å². The van der Waals surface area contributed by atoms with Crippen LogP contribution in [0.4, 0.5) is 4.79 Å². The standard InChI is InChI=1S/C10H19NO3.C6H12O2/c1-10(2,3)14-9(13)11-5-4-8(6-11)7-12;7-5-6-1-3-8-4-2-6/h8,12H,4-7H2,1-3H3;6-7H,1-5H2/t8-;/m1./s1. The van der Waals surface area contributed by atoms with Gasteiger partial charge >= 0.3 is 6.09 Å². The highest BCUT2D eigenvalue weighted by atomic mass is 16.6. The predicted octanol–water partition coefficient (Wildman–Crippen LogP) is 1.64. The van der Waals surface area contributed by atoms with Gasteiger partial charge in [-0.1, -0.05) is 0 Å². The number of amides is 1. The van der Waals surface area contributed by atoms with Crippen molar-refractivity contribution in [2.24, 2.45) is 11.8 Å². The van der Waals surface area contributed by atoms with Gasteiger partial charge in [0.1, 0.15) is 5.60 Å². The smallest absolute Gasteiger partial charge is 0.410 e. The van der Waals surface area contributed by atoms with Gasteiger partial charge in [-0.15, -0.1) is 0 Å². The van der Waals surface area contributed by atoms with Crippen LogP contribution in [-0.4, -0.2) is 66.3 Å². The summed E-state index contributed by atoms with van der Waals surface area (Å²) in [5.41, 5.74) is -0.436. The van der Waals surface area contributed by atoms with Crippen molar-refractivity contribution >= 4 is 6.09 Å². The zero-order chi connectivity index (χ0) is 16.6. The molecule has 6 heteroatoms. The van der Waals surface area contributed by atoms with Crippen LogP contribution in [0.1, 0.15) is 40.0 Å². The summed E-state index contributed by atoms with van der Waals surface area (Å²) in [5.74, 6) is 0.742. The first kappa shape index (κ1) is 19.2. The van der Waals surface area contributed by atoms with E-state index in [-0.39, 0.29) is 18.6 Å². The summed E-state index contributed by atoms with van der Waals surface area (Å²) in [6.07, 6.45) is 2.68. The molecule has 2 aliphatic heterocycles. The van der Waals surface area contributed by atoms with Crippen LogP contribution in [-0.2, 0) is 9.47 Å². The number of aliphatic hydroxyl groups is 2. The van der Waals surface area contributed by atoms with Crippen LogP contribution in [0, 0.1) is 11.8 Å². The molecule has 130 valence electrons. The molecule has 0 aliphatic carbocycles. The van der Waals surface area contributed by atoms with Gasteiger partial charge in [0.05, 0.1) is 0 Å². The number of likely N-dealkylation sites (tertiary alicyclic amines) is 1. The summed E-state index contributed by atoms with van der Waals surface area (Å²) in [5, 5.41) is 17.6. The van der Waals surface area contributed by atoms with E-state index in [1.807, 2.05) is 20.8 Å². The fourth-order valence-corrected chi connectivity index (χ4v) is 2.40. The molecule has 2 heterocycles. The van der Waals surface area contributed by atoms with Crippen LogP contribution < -0.4 is 0 Å². The highest BCUT2D eigenvalue weighted by Gasteiger charge is 2.29. The maximum absolute atomic E-state index is 11.5. The number of rotatable bonds is 2. The van der Waals surface area contributed by atoms with Crippen molar-refractivity contribution in [1.82, 2.24) is 4.90 Å². The lowest BCUT2D eigenvalue weighted by Gasteiger charge is -2.24. The highest BCUT2D eigenvalue weighted by molar-refractivity contribution is 5.68. The molecular formula is C16H31NO5. The zero-order valence-corrected chi connectivity index (χ0v) is 14.1. The van der Waals surface area contributed by atoms with Crippen LogP contribution in [0.3, 0.4) is 0 Å². The van der Waals surface area contributed by atoms with Gasteiger partial charge < -0.3 is 24.6 Å². The molecule has 1 amide bonds. The predicted molar refractivity (Wildman–Crippen MR) is 83.6 cm³/mol. The Morgan fingerprint density at radius 2 is 1.73 bits per heavy atom. The molecule has 1 atom stereocenters. The minimum absolute atomic E-state index is 0.152. The summed E-state index contributed by atoms with van der Waals surface area (Å²) in [6, 6.07) is 0. The number of carbonyl (C=O) groups is 1. The molecule has 0 bridgehead atoms. The molecule has 0 aromatic rings. The Hall–Kier alpha value is -0.850. The summed E-state index contributed by atoms with van der Waals surface area (Å²) >= 11 is 0. The van der Waals surface area contributed by atoms with Crippen molar-refractivity contribution < 1.29 is 24.5 Å².